The molecule has 0 unspecified atom stereocenters. The van der Waals surface area contributed by atoms with Crippen LogP contribution in [-0.4, -0.2) is 38.0 Å². The van der Waals surface area contributed by atoms with Crippen LogP contribution in [0.3, 0.4) is 0 Å². The molecule has 0 saturated heterocycles. The highest BCUT2D eigenvalue weighted by Gasteiger charge is 2.25. The average molecular weight is 321 g/mol. The van der Waals surface area contributed by atoms with Crippen LogP contribution in [0.1, 0.15) is 33.1 Å². The Kier molecular flexibility index (Phi) is 5.58. The maximum Gasteiger partial charge on any atom is 0.227 e. The highest BCUT2D eigenvalue weighted by Crippen LogP contribution is 2.33. The van der Waals surface area contributed by atoms with Crippen molar-refractivity contribution >= 4 is 23.2 Å². The van der Waals surface area contributed by atoms with E-state index < -0.39 is 0 Å². The normalized spacial score (nSPS) is 14.0. The maximum atomic E-state index is 13.4. The standard InChI is InChI=1S/C17H24FN3O2/c1-12(2)19-16(22)5-4-6-17(23)21-10-9-20(3)15-11-13(18)7-8-14(15)21/h7-8,11-12H,4-6,9-10H2,1-3H3,(H,19,22). The van der Waals surface area contributed by atoms with E-state index in [2.05, 4.69) is 5.32 Å². The summed E-state index contributed by atoms with van der Waals surface area (Å²) in [5, 5.41) is 2.81. The van der Waals surface area contributed by atoms with Crippen molar-refractivity contribution in [3.63, 3.8) is 0 Å². The largest absolute Gasteiger partial charge is 0.371 e. The number of hydrogen-bond acceptors (Lipinski definition) is 3. The van der Waals surface area contributed by atoms with Crippen LogP contribution in [0, 0.1) is 5.82 Å². The van der Waals surface area contributed by atoms with Gasteiger partial charge in [0, 0.05) is 39.0 Å². The van der Waals surface area contributed by atoms with Crippen molar-refractivity contribution < 1.29 is 14.0 Å². The van der Waals surface area contributed by atoms with Crippen LogP contribution in [0.15, 0.2) is 18.2 Å². The van der Waals surface area contributed by atoms with E-state index in [1.54, 1.807) is 11.0 Å². The molecule has 2 rings (SSSR count). The third-order valence-corrected chi connectivity index (χ3v) is 3.84. The monoisotopic (exact) mass is 321 g/mol. The lowest BCUT2D eigenvalue weighted by Gasteiger charge is -2.35. The fourth-order valence-electron chi connectivity index (χ4n) is 2.71. The summed E-state index contributed by atoms with van der Waals surface area (Å²) in [5.74, 6) is -0.368. The minimum atomic E-state index is -0.310. The van der Waals surface area contributed by atoms with E-state index in [0.717, 1.165) is 11.4 Å². The molecule has 0 aromatic heterocycles. The number of likely N-dealkylation sites (N-methyl/N-ethyl adjacent to an activating group) is 1. The van der Waals surface area contributed by atoms with Gasteiger partial charge in [0.1, 0.15) is 5.82 Å². The summed E-state index contributed by atoms with van der Waals surface area (Å²) < 4.78 is 13.4. The number of nitrogens with one attached hydrogen (secondary N) is 1. The zero-order valence-electron chi connectivity index (χ0n) is 13.9. The third-order valence-electron chi connectivity index (χ3n) is 3.84. The van der Waals surface area contributed by atoms with Crippen molar-refractivity contribution in [3.8, 4) is 0 Å². The molecule has 6 heteroatoms. The summed E-state index contributed by atoms with van der Waals surface area (Å²) in [6.07, 6.45) is 1.17. The Morgan fingerprint density at radius 2 is 1.96 bits per heavy atom. The molecule has 1 heterocycles. The topological polar surface area (TPSA) is 52.7 Å². The maximum absolute atomic E-state index is 13.4. The molecule has 1 N–H and O–H groups in total. The number of fused-ring (bicyclic) bond motifs is 1. The van der Waals surface area contributed by atoms with Gasteiger partial charge in [0.25, 0.3) is 0 Å². The molecular formula is C17H24FN3O2. The van der Waals surface area contributed by atoms with Crippen molar-refractivity contribution in [1.82, 2.24) is 5.32 Å². The fourth-order valence-corrected chi connectivity index (χ4v) is 2.71. The van der Waals surface area contributed by atoms with Crippen LogP contribution in [0.4, 0.5) is 15.8 Å². The number of hydrogen-bond donors (Lipinski definition) is 1. The molecule has 0 bridgehead atoms. The number of halogens is 1. The van der Waals surface area contributed by atoms with Crippen LogP contribution < -0.4 is 15.1 Å². The Morgan fingerprint density at radius 1 is 1.22 bits per heavy atom. The quantitative estimate of drug-likeness (QED) is 0.905. The van der Waals surface area contributed by atoms with E-state index >= 15 is 0 Å². The van der Waals surface area contributed by atoms with Gasteiger partial charge < -0.3 is 15.1 Å². The Morgan fingerprint density at radius 3 is 2.65 bits per heavy atom. The van der Waals surface area contributed by atoms with E-state index in [9.17, 15) is 14.0 Å². The molecule has 0 fully saturated rings. The SMILES string of the molecule is CC(C)NC(=O)CCCC(=O)N1CCN(C)c2cc(F)ccc21. The number of carbonyl (C=O) groups is 2. The first-order valence-corrected chi connectivity index (χ1v) is 7.99. The predicted molar refractivity (Wildman–Crippen MR) is 89.2 cm³/mol. The first kappa shape index (κ1) is 17.2. The van der Waals surface area contributed by atoms with Gasteiger partial charge in [-0.25, -0.2) is 4.39 Å². The van der Waals surface area contributed by atoms with Gasteiger partial charge in [0.15, 0.2) is 0 Å². The van der Waals surface area contributed by atoms with Gasteiger partial charge in [-0.05, 0) is 38.5 Å². The molecule has 1 aliphatic heterocycles. The number of anilines is 2. The number of carbonyl (C=O) groups excluding carboxylic acids is 2. The summed E-state index contributed by atoms with van der Waals surface area (Å²) in [4.78, 5) is 27.7. The minimum absolute atomic E-state index is 0.0247. The minimum Gasteiger partial charge on any atom is -0.371 e. The zero-order chi connectivity index (χ0) is 17.0. The summed E-state index contributed by atoms with van der Waals surface area (Å²) in [7, 11) is 1.89. The number of amides is 2. The zero-order valence-corrected chi connectivity index (χ0v) is 13.9. The van der Waals surface area contributed by atoms with Crippen molar-refractivity contribution in [3.05, 3.63) is 24.0 Å². The number of rotatable bonds is 5. The lowest BCUT2D eigenvalue weighted by molar-refractivity contribution is -0.122. The van der Waals surface area contributed by atoms with E-state index in [0.29, 0.717) is 32.4 Å². The highest BCUT2D eigenvalue weighted by molar-refractivity contribution is 5.98. The van der Waals surface area contributed by atoms with Crippen molar-refractivity contribution in [2.75, 3.05) is 29.9 Å². The number of benzene rings is 1. The molecule has 0 saturated carbocycles. The van der Waals surface area contributed by atoms with E-state index in [1.807, 2.05) is 25.8 Å². The van der Waals surface area contributed by atoms with E-state index in [4.69, 9.17) is 0 Å². The summed E-state index contributed by atoms with van der Waals surface area (Å²) in [6, 6.07) is 4.57. The average Bonchev–Trinajstić information content (AvgIpc) is 2.47. The van der Waals surface area contributed by atoms with E-state index in [1.165, 1.54) is 12.1 Å². The van der Waals surface area contributed by atoms with Gasteiger partial charge in [-0.1, -0.05) is 0 Å². The van der Waals surface area contributed by atoms with Crippen molar-refractivity contribution in [2.45, 2.75) is 39.2 Å². The third kappa shape index (κ3) is 4.43. The lowest BCUT2D eigenvalue weighted by atomic mass is 10.1. The molecule has 1 aromatic carbocycles. The summed E-state index contributed by atoms with van der Waals surface area (Å²) >= 11 is 0. The molecule has 1 aromatic rings. The fraction of sp³-hybridized carbons (Fsp3) is 0.529. The second-order valence-electron chi connectivity index (χ2n) is 6.18. The highest BCUT2D eigenvalue weighted by atomic mass is 19.1. The smallest absolute Gasteiger partial charge is 0.227 e. The van der Waals surface area contributed by atoms with Gasteiger partial charge in [-0.2, -0.15) is 0 Å². The Hall–Kier alpha value is -2.11. The van der Waals surface area contributed by atoms with Gasteiger partial charge in [-0.15, -0.1) is 0 Å². The Bertz CT molecular complexity index is 589. The second kappa shape index (κ2) is 7.44. The second-order valence-corrected chi connectivity index (χ2v) is 6.18. The molecule has 0 spiro atoms. The molecule has 0 aliphatic carbocycles. The lowest BCUT2D eigenvalue weighted by Crippen LogP contribution is -2.42. The van der Waals surface area contributed by atoms with Gasteiger partial charge in [-0.3, -0.25) is 9.59 Å². The first-order valence-electron chi connectivity index (χ1n) is 7.99. The first-order chi connectivity index (χ1) is 10.9. The molecule has 0 atom stereocenters. The van der Waals surface area contributed by atoms with Gasteiger partial charge in [0.2, 0.25) is 11.8 Å². The Balaban J connectivity index is 1.96. The number of nitrogens with zero attached hydrogens (tertiary/aromatic N) is 2. The molecule has 0 radical (unpaired) electrons. The van der Waals surface area contributed by atoms with Crippen molar-refractivity contribution in [1.29, 1.82) is 0 Å². The van der Waals surface area contributed by atoms with Gasteiger partial charge in [0.05, 0.1) is 11.4 Å². The molecule has 2 amide bonds. The van der Waals surface area contributed by atoms with Crippen molar-refractivity contribution in [2.24, 2.45) is 0 Å². The van der Waals surface area contributed by atoms with Gasteiger partial charge >= 0.3 is 0 Å². The molecule has 23 heavy (non-hydrogen) atoms. The summed E-state index contributed by atoms with van der Waals surface area (Å²) in [6.45, 7) is 5.05. The predicted octanol–water partition coefficient (Wildman–Crippen LogP) is 2.30. The van der Waals surface area contributed by atoms with Crippen LogP contribution >= 0.6 is 0 Å². The summed E-state index contributed by atoms with van der Waals surface area (Å²) in [5.41, 5.74) is 1.46. The van der Waals surface area contributed by atoms with Crippen LogP contribution in [0.25, 0.3) is 0 Å². The Labute approximate surface area is 136 Å². The van der Waals surface area contributed by atoms with Crippen LogP contribution in [0.5, 0.6) is 0 Å². The molecule has 1 aliphatic rings. The van der Waals surface area contributed by atoms with E-state index in [-0.39, 0.29) is 23.7 Å². The molecule has 126 valence electrons. The van der Waals surface area contributed by atoms with Crippen LogP contribution in [0.2, 0.25) is 0 Å². The molecular weight excluding hydrogens is 297 g/mol. The molecule has 5 nitrogen and oxygen atoms in total. The van der Waals surface area contributed by atoms with Crippen LogP contribution in [-0.2, 0) is 9.59 Å².